The molecule has 25 heavy (non-hydrogen) atoms. The molecule has 0 unspecified atom stereocenters. The van der Waals surface area contributed by atoms with Crippen molar-refractivity contribution in [2.45, 2.75) is 31.0 Å². The van der Waals surface area contributed by atoms with Crippen molar-refractivity contribution in [3.05, 3.63) is 42.4 Å². The molecule has 7 nitrogen and oxygen atoms in total. The van der Waals surface area contributed by atoms with Gasteiger partial charge in [-0.1, -0.05) is 6.07 Å². The summed E-state index contributed by atoms with van der Waals surface area (Å²) in [6, 6.07) is 7.38. The highest BCUT2D eigenvalue weighted by atomic mass is 16.6. The van der Waals surface area contributed by atoms with Gasteiger partial charge in [-0.15, -0.1) is 0 Å². The topological polar surface area (TPSA) is 69.5 Å². The SMILES string of the molecule is Cn1nccc1C(=O)N1CCC[C@@]2(C[C@H](Oc3ccccn3)CO2)C1. The lowest BCUT2D eigenvalue weighted by Gasteiger charge is -2.39. The molecule has 1 amide bonds. The molecule has 132 valence electrons. The van der Waals surface area contributed by atoms with Crippen LogP contribution in [0.3, 0.4) is 0 Å². The summed E-state index contributed by atoms with van der Waals surface area (Å²) in [5, 5.41) is 4.09. The number of hydrogen-bond acceptors (Lipinski definition) is 5. The van der Waals surface area contributed by atoms with E-state index >= 15 is 0 Å². The van der Waals surface area contributed by atoms with Gasteiger partial charge in [0.1, 0.15) is 11.8 Å². The first-order valence-corrected chi connectivity index (χ1v) is 8.64. The highest BCUT2D eigenvalue weighted by molar-refractivity contribution is 5.92. The fourth-order valence-electron chi connectivity index (χ4n) is 3.77. The van der Waals surface area contributed by atoms with Crippen molar-refractivity contribution in [1.29, 1.82) is 0 Å². The van der Waals surface area contributed by atoms with Gasteiger partial charge in [-0.25, -0.2) is 4.98 Å². The van der Waals surface area contributed by atoms with Crippen LogP contribution in [-0.4, -0.2) is 57.0 Å². The molecule has 1 spiro atoms. The Morgan fingerprint density at radius 2 is 2.28 bits per heavy atom. The lowest BCUT2D eigenvalue weighted by molar-refractivity contribution is -0.0455. The molecule has 2 fully saturated rings. The second kappa shape index (κ2) is 6.48. The number of carbonyl (C=O) groups is 1. The maximum absolute atomic E-state index is 12.8. The van der Waals surface area contributed by atoms with Gasteiger partial charge in [0.15, 0.2) is 0 Å². The number of likely N-dealkylation sites (tertiary alicyclic amines) is 1. The molecule has 0 aromatic carbocycles. The Bertz CT molecular complexity index is 748. The summed E-state index contributed by atoms with van der Waals surface area (Å²) in [6.45, 7) is 1.88. The number of pyridine rings is 1. The van der Waals surface area contributed by atoms with Crippen LogP contribution in [-0.2, 0) is 11.8 Å². The third kappa shape index (κ3) is 3.24. The number of aryl methyl sites for hydroxylation is 1. The van der Waals surface area contributed by atoms with Crippen LogP contribution in [0.2, 0.25) is 0 Å². The number of nitrogens with zero attached hydrogens (tertiary/aromatic N) is 4. The number of carbonyl (C=O) groups excluding carboxylic acids is 1. The van der Waals surface area contributed by atoms with E-state index < -0.39 is 0 Å². The fraction of sp³-hybridized carbons (Fsp3) is 0.500. The van der Waals surface area contributed by atoms with Crippen LogP contribution in [0, 0.1) is 0 Å². The van der Waals surface area contributed by atoms with E-state index in [4.69, 9.17) is 9.47 Å². The molecular formula is C18H22N4O3. The molecule has 4 heterocycles. The molecule has 2 aromatic heterocycles. The quantitative estimate of drug-likeness (QED) is 0.848. The first-order chi connectivity index (χ1) is 12.2. The molecule has 2 aliphatic rings. The van der Waals surface area contributed by atoms with E-state index in [0.717, 1.165) is 25.8 Å². The van der Waals surface area contributed by atoms with E-state index in [0.29, 0.717) is 24.7 Å². The van der Waals surface area contributed by atoms with E-state index in [9.17, 15) is 4.79 Å². The first-order valence-electron chi connectivity index (χ1n) is 8.64. The van der Waals surface area contributed by atoms with Crippen LogP contribution in [0.25, 0.3) is 0 Å². The van der Waals surface area contributed by atoms with Gasteiger partial charge in [-0.2, -0.15) is 5.10 Å². The van der Waals surface area contributed by atoms with Gasteiger partial charge in [0.05, 0.1) is 18.8 Å². The lowest BCUT2D eigenvalue weighted by atomic mass is 9.89. The van der Waals surface area contributed by atoms with Crippen molar-refractivity contribution in [2.24, 2.45) is 7.05 Å². The first kappa shape index (κ1) is 16.1. The Hall–Kier alpha value is -2.41. The molecule has 2 saturated heterocycles. The third-order valence-electron chi connectivity index (χ3n) is 4.97. The predicted molar refractivity (Wildman–Crippen MR) is 90.3 cm³/mol. The summed E-state index contributed by atoms with van der Waals surface area (Å²) in [6.07, 6.45) is 6.00. The van der Waals surface area contributed by atoms with Crippen molar-refractivity contribution in [2.75, 3.05) is 19.7 Å². The van der Waals surface area contributed by atoms with Crippen molar-refractivity contribution in [3.63, 3.8) is 0 Å². The molecule has 2 aromatic rings. The summed E-state index contributed by atoms with van der Waals surface area (Å²) in [4.78, 5) is 18.9. The van der Waals surface area contributed by atoms with Crippen LogP contribution in [0.1, 0.15) is 29.8 Å². The Morgan fingerprint density at radius 3 is 3.04 bits per heavy atom. The van der Waals surface area contributed by atoms with E-state index in [1.807, 2.05) is 23.1 Å². The molecular weight excluding hydrogens is 320 g/mol. The average molecular weight is 342 g/mol. The molecule has 0 radical (unpaired) electrons. The third-order valence-corrected chi connectivity index (χ3v) is 4.97. The zero-order valence-electron chi connectivity index (χ0n) is 14.3. The highest BCUT2D eigenvalue weighted by Crippen LogP contribution is 2.36. The second-order valence-corrected chi connectivity index (χ2v) is 6.78. The predicted octanol–water partition coefficient (Wildman–Crippen LogP) is 1.66. The average Bonchev–Trinajstić information content (AvgIpc) is 3.22. The molecule has 0 N–H and O–H groups in total. The van der Waals surface area contributed by atoms with Gasteiger partial charge in [-0.05, 0) is 25.0 Å². The van der Waals surface area contributed by atoms with Gasteiger partial charge in [0.25, 0.3) is 5.91 Å². The fourth-order valence-corrected chi connectivity index (χ4v) is 3.77. The van der Waals surface area contributed by atoms with Crippen LogP contribution >= 0.6 is 0 Å². The van der Waals surface area contributed by atoms with Crippen molar-refractivity contribution in [1.82, 2.24) is 19.7 Å². The maximum atomic E-state index is 12.8. The van der Waals surface area contributed by atoms with E-state index in [1.54, 1.807) is 30.2 Å². The Balaban J connectivity index is 1.42. The summed E-state index contributed by atoms with van der Waals surface area (Å²) in [5.74, 6) is 0.628. The van der Waals surface area contributed by atoms with Gasteiger partial charge in [-0.3, -0.25) is 9.48 Å². The molecule has 0 bridgehead atoms. The smallest absolute Gasteiger partial charge is 0.272 e. The Kier molecular flexibility index (Phi) is 4.17. The summed E-state index contributed by atoms with van der Waals surface area (Å²) in [5.41, 5.74) is 0.294. The van der Waals surface area contributed by atoms with E-state index in [-0.39, 0.29) is 17.6 Å². The monoisotopic (exact) mass is 342 g/mol. The van der Waals surface area contributed by atoms with Crippen molar-refractivity contribution >= 4 is 5.91 Å². The minimum absolute atomic E-state index is 0.0109. The maximum Gasteiger partial charge on any atom is 0.272 e. The zero-order valence-corrected chi connectivity index (χ0v) is 14.3. The molecule has 7 heteroatoms. The van der Waals surface area contributed by atoms with Crippen LogP contribution in [0.15, 0.2) is 36.7 Å². The Labute approximate surface area is 146 Å². The lowest BCUT2D eigenvalue weighted by Crippen LogP contribution is -2.50. The zero-order chi connectivity index (χ0) is 17.3. The van der Waals surface area contributed by atoms with E-state index in [1.165, 1.54) is 0 Å². The van der Waals surface area contributed by atoms with Crippen LogP contribution in [0.4, 0.5) is 0 Å². The summed E-state index contributed by atoms with van der Waals surface area (Å²) in [7, 11) is 1.79. The molecule has 0 saturated carbocycles. The van der Waals surface area contributed by atoms with Crippen molar-refractivity contribution in [3.8, 4) is 5.88 Å². The van der Waals surface area contributed by atoms with Crippen LogP contribution in [0.5, 0.6) is 5.88 Å². The summed E-state index contributed by atoms with van der Waals surface area (Å²) >= 11 is 0. The molecule has 4 rings (SSSR count). The van der Waals surface area contributed by atoms with Gasteiger partial charge in [0.2, 0.25) is 5.88 Å². The van der Waals surface area contributed by atoms with Crippen LogP contribution < -0.4 is 4.74 Å². The number of hydrogen-bond donors (Lipinski definition) is 0. The van der Waals surface area contributed by atoms with Gasteiger partial charge in [0, 0.05) is 38.5 Å². The van der Waals surface area contributed by atoms with Gasteiger partial charge < -0.3 is 14.4 Å². The number of rotatable bonds is 3. The summed E-state index contributed by atoms with van der Waals surface area (Å²) < 4.78 is 13.7. The second-order valence-electron chi connectivity index (χ2n) is 6.78. The minimum Gasteiger partial charge on any atom is -0.472 e. The van der Waals surface area contributed by atoms with Gasteiger partial charge >= 0.3 is 0 Å². The largest absolute Gasteiger partial charge is 0.472 e. The number of aromatic nitrogens is 3. The van der Waals surface area contributed by atoms with Crippen molar-refractivity contribution < 1.29 is 14.3 Å². The minimum atomic E-state index is -0.314. The van der Waals surface area contributed by atoms with E-state index in [2.05, 4.69) is 10.1 Å². The standard InChI is InChI=1S/C18H22N4O3/c1-21-15(6-9-20-21)17(23)22-10-4-7-18(13-22)11-14(12-24-18)25-16-5-2-3-8-19-16/h2-3,5-6,8-9,14H,4,7,10-13H2,1H3/t14-,18+/m0/s1. The normalized spacial score (nSPS) is 26.1. The Morgan fingerprint density at radius 1 is 1.36 bits per heavy atom. The molecule has 2 aliphatic heterocycles. The number of piperidine rings is 1. The number of amides is 1. The molecule has 2 atom stereocenters. The highest BCUT2D eigenvalue weighted by Gasteiger charge is 2.45. The molecule has 0 aliphatic carbocycles. The number of ether oxygens (including phenoxy) is 2.